The molecule has 0 aliphatic heterocycles. The van der Waals surface area contributed by atoms with Crippen molar-refractivity contribution in [2.45, 2.75) is 27.7 Å². The van der Waals surface area contributed by atoms with Crippen molar-refractivity contribution in [3.63, 3.8) is 0 Å². The van der Waals surface area contributed by atoms with Crippen LogP contribution in [0, 0.1) is 20.8 Å². The molecule has 0 radical (unpaired) electrons. The van der Waals surface area contributed by atoms with Gasteiger partial charge in [0.1, 0.15) is 5.75 Å². The highest BCUT2D eigenvalue weighted by atomic mass is 79.9. The molecule has 0 bridgehead atoms. The van der Waals surface area contributed by atoms with Crippen LogP contribution in [0.4, 0.5) is 5.69 Å². The van der Waals surface area contributed by atoms with Gasteiger partial charge in [-0.15, -0.1) is 0 Å². The van der Waals surface area contributed by atoms with Crippen LogP contribution in [0.25, 0.3) is 0 Å². The normalized spacial score (nSPS) is 10.3. The third-order valence-electron chi connectivity index (χ3n) is 3.80. The van der Waals surface area contributed by atoms with Crippen molar-refractivity contribution in [1.29, 1.82) is 0 Å². The lowest BCUT2D eigenvalue weighted by molar-refractivity contribution is -0.118. The highest BCUT2D eigenvalue weighted by molar-refractivity contribution is 9.10. The van der Waals surface area contributed by atoms with Crippen molar-refractivity contribution in [3.05, 3.63) is 57.1 Å². The second-order valence-electron chi connectivity index (χ2n) is 5.96. The van der Waals surface area contributed by atoms with E-state index in [1.165, 1.54) is 0 Å². The number of hydrogen-bond donors (Lipinski definition) is 1. The quantitative estimate of drug-likeness (QED) is 0.696. The molecule has 0 aliphatic rings. The average Bonchev–Trinajstić information content (AvgIpc) is 2.59. The molecule has 0 aliphatic carbocycles. The van der Waals surface area contributed by atoms with Crippen LogP contribution in [0.15, 0.2) is 34.8 Å². The number of carbonyl (C=O) groups excluding carboxylic acids is 2. The molecule has 138 valence electrons. The molecule has 2 aromatic carbocycles. The fourth-order valence-electron chi connectivity index (χ4n) is 2.42. The van der Waals surface area contributed by atoms with E-state index in [-0.39, 0.29) is 12.5 Å². The number of nitrogens with one attached hydrogen (secondary N) is 1. The number of ether oxygens (including phenoxy) is 2. The number of anilines is 1. The van der Waals surface area contributed by atoms with E-state index in [4.69, 9.17) is 9.47 Å². The molecule has 0 saturated heterocycles. The number of benzene rings is 2. The number of aryl methyl sites for hydroxylation is 3. The summed E-state index contributed by atoms with van der Waals surface area (Å²) in [6, 6.07) is 8.80. The summed E-state index contributed by atoms with van der Waals surface area (Å²) in [6.45, 7) is 7.71. The van der Waals surface area contributed by atoms with Gasteiger partial charge in [-0.1, -0.05) is 22.0 Å². The first kappa shape index (κ1) is 20.0. The van der Waals surface area contributed by atoms with Gasteiger partial charge in [0.15, 0.2) is 6.61 Å². The second kappa shape index (κ2) is 8.85. The Hall–Kier alpha value is -2.34. The Labute approximate surface area is 161 Å². The number of carbonyl (C=O) groups is 2. The molecule has 2 aromatic rings. The Morgan fingerprint density at radius 1 is 1.04 bits per heavy atom. The molecule has 1 N–H and O–H groups in total. The number of rotatable bonds is 6. The molecule has 5 nitrogen and oxygen atoms in total. The van der Waals surface area contributed by atoms with Crippen molar-refractivity contribution in [2.75, 3.05) is 18.5 Å². The van der Waals surface area contributed by atoms with Crippen molar-refractivity contribution < 1.29 is 19.1 Å². The maximum absolute atomic E-state index is 12.2. The van der Waals surface area contributed by atoms with Crippen LogP contribution in [0.1, 0.15) is 34.0 Å². The van der Waals surface area contributed by atoms with Gasteiger partial charge in [-0.25, -0.2) is 4.79 Å². The van der Waals surface area contributed by atoms with Crippen LogP contribution in [0.2, 0.25) is 0 Å². The summed E-state index contributed by atoms with van der Waals surface area (Å²) in [5.74, 6) is -0.0808. The first-order valence-electron chi connectivity index (χ1n) is 8.29. The topological polar surface area (TPSA) is 64.6 Å². The van der Waals surface area contributed by atoms with E-state index in [9.17, 15) is 9.59 Å². The second-order valence-corrected chi connectivity index (χ2v) is 6.75. The number of amides is 1. The van der Waals surface area contributed by atoms with E-state index in [1.807, 2.05) is 32.9 Å². The Kier molecular flexibility index (Phi) is 6.80. The molecule has 0 saturated carbocycles. The molecular weight excluding hydrogens is 398 g/mol. The van der Waals surface area contributed by atoms with E-state index >= 15 is 0 Å². The minimum Gasteiger partial charge on any atom is -0.484 e. The summed E-state index contributed by atoms with van der Waals surface area (Å²) in [4.78, 5) is 24.1. The summed E-state index contributed by atoms with van der Waals surface area (Å²) < 4.78 is 11.6. The maximum Gasteiger partial charge on any atom is 0.338 e. The molecule has 0 unspecified atom stereocenters. The summed E-state index contributed by atoms with van der Waals surface area (Å²) in [7, 11) is 0. The zero-order valence-electron chi connectivity index (χ0n) is 15.3. The van der Waals surface area contributed by atoms with Crippen LogP contribution in [-0.4, -0.2) is 25.1 Å². The Morgan fingerprint density at radius 2 is 1.69 bits per heavy atom. The molecule has 1 amide bonds. The first-order chi connectivity index (χ1) is 12.3. The summed E-state index contributed by atoms with van der Waals surface area (Å²) in [5.41, 5.74) is 3.89. The predicted molar refractivity (Wildman–Crippen MR) is 105 cm³/mol. The van der Waals surface area contributed by atoms with Crippen molar-refractivity contribution >= 4 is 33.5 Å². The minimum atomic E-state index is -0.417. The van der Waals surface area contributed by atoms with Crippen molar-refractivity contribution in [3.8, 4) is 5.75 Å². The summed E-state index contributed by atoms with van der Waals surface area (Å²) >= 11 is 3.50. The molecule has 0 fully saturated rings. The van der Waals surface area contributed by atoms with E-state index in [2.05, 4.69) is 21.2 Å². The van der Waals surface area contributed by atoms with Gasteiger partial charge in [-0.05, 0) is 68.7 Å². The van der Waals surface area contributed by atoms with Crippen molar-refractivity contribution in [2.24, 2.45) is 0 Å². The molecule has 26 heavy (non-hydrogen) atoms. The molecule has 2 rings (SSSR count). The predicted octanol–water partition coefficient (Wildman–Crippen LogP) is 4.57. The maximum atomic E-state index is 12.2. The highest BCUT2D eigenvalue weighted by Gasteiger charge is 2.12. The third-order valence-corrected chi connectivity index (χ3v) is 5.05. The highest BCUT2D eigenvalue weighted by Crippen LogP contribution is 2.26. The Balaban J connectivity index is 2.03. The van der Waals surface area contributed by atoms with Crippen LogP contribution >= 0.6 is 15.9 Å². The van der Waals surface area contributed by atoms with Crippen LogP contribution < -0.4 is 10.1 Å². The van der Waals surface area contributed by atoms with Gasteiger partial charge < -0.3 is 14.8 Å². The van der Waals surface area contributed by atoms with Crippen LogP contribution in [0.5, 0.6) is 5.75 Å². The SMILES string of the molecule is CCOC(=O)c1ccc(C)c(NC(=O)COc2cc(C)c(Br)c(C)c2)c1. The van der Waals surface area contributed by atoms with Gasteiger partial charge in [0, 0.05) is 10.2 Å². The van der Waals surface area contributed by atoms with Gasteiger partial charge in [-0.3, -0.25) is 4.79 Å². The fourth-order valence-corrected chi connectivity index (χ4v) is 2.65. The van der Waals surface area contributed by atoms with E-state index in [1.54, 1.807) is 25.1 Å². The third kappa shape index (κ3) is 5.08. The van der Waals surface area contributed by atoms with Gasteiger partial charge in [-0.2, -0.15) is 0 Å². The molecule has 0 atom stereocenters. The smallest absolute Gasteiger partial charge is 0.338 e. The Bertz CT molecular complexity index is 810. The van der Waals surface area contributed by atoms with Crippen LogP contribution in [0.3, 0.4) is 0 Å². The van der Waals surface area contributed by atoms with Gasteiger partial charge >= 0.3 is 5.97 Å². The fraction of sp³-hybridized carbons (Fsp3) is 0.300. The lowest BCUT2D eigenvalue weighted by atomic mass is 10.1. The van der Waals surface area contributed by atoms with Crippen molar-refractivity contribution in [1.82, 2.24) is 0 Å². The first-order valence-corrected chi connectivity index (χ1v) is 9.08. The Morgan fingerprint density at radius 3 is 2.31 bits per heavy atom. The number of esters is 1. The molecular formula is C20H22BrNO4. The van der Waals surface area contributed by atoms with E-state index < -0.39 is 5.97 Å². The van der Waals surface area contributed by atoms with Gasteiger partial charge in [0.2, 0.25) is 0 Å². The monoisotopic (exact) mass is 419 g/mol. The zero-order valence-corrected chi connectivity index (χ0v) is 16.9. The number of halogens is 1. The van der Waals surface area contributed by atoms with E-state index in [0.29, 0.717) is 23.6 Å². The van der Waals surface area contributed by atoms with Crippen LogP contribution in [-0.2, 0) is 9.53 Å². The summed E-state index contributed by atoms with van der Waals surface area (Å²) in [5, 5.41) is 2.78. The largest absolute Gasteiger partial charge is 0.484 e. The van der Waals surface area contributed by atoms with Gasteiger partial charge in [0.25, 0.3) is 5.91 Å². The molecule has 0 heterocycles. The van der Waals surface area contributed by atoms with Gasteiger partial charge in [0.05, 0.1) is 12.2 Å². The van der Waals surface area contributed by atoms with E-state index in [0.717, 1.165) is 21.2 Å². The standard InChI is InChI=1S/C20H22BrNO4/c1-5-25-20(24)15-7-6-12(2)17(10-15)22-18(23)11-26-16-8-13(3)19(21)14(4)9-16/h6-10H,5,11H2,1-4H3,(H,22,23). The molecule has 6 heteroatoms. The lowest BCUT2D eigenvalue weighted by Crippen LogP contribution is -2.21. The molecule has 0 aromatic heterocycles. The number of hydrogen-bond acceptors (Lipinski definition) is 4. The minimum absolute atomic E-state index is 0.121. The zero-order chi connectivity index (χ0) is 19.3. The molecule has 0 spiro atoms. The average molecular weight is 420 g/mol. The summed E-state index contributed by atoms with van der Waals surface area (Å²) in [6.07, 6.45) is 0. The lowest BCUT2D eigenvalue weighted by Gasteiger charge is -2.12.